The second-order valence-electron chi connectivity index (χ2n) is 12.8. The lowest BCUT2D eigenvalue weighted by Gasteiger charge is -2.46. The van der Waals surface area contributed by atoms with Gasteiger partial charge in [0.15, 0.2) is 0 Å². The molecule has 1 aliphatic heterocycles. The van der Waals surface area contributed by atoms with Crippen molar-refractivity contribution < 1.29 is 40.3 Å². The first kappa shape index (κ1) is 33.9. The molecule has 2 fully saturated rings. The second kappa shape index (κ2) is 13.8. The van der Waals surface area contributed by atoms with E-state index in [1.807, 2.05) is 42.5 Å². The van der Waals surface area contributed by atoms with E-state index in [4.69, 9.17) is 4.74 Å². The lowest BCUT2D eigenvalue weighted by Crippen LogP contribution is -2.46. The summed E-state index contributed by atoms with van der Waals surface area (Å²) in [6.45, 7) is 3.03. The van der Waals surface area contributed by atoms with E-state index in [1.54, 1.807) is 0 Å². The fourth-order valence-corrected chi connectivity index (χ4v) is 7.48. The lowest BCUT2D eigenvalue weighted by atomic mass is 9.64. The average Bonchev–Trinajstić information content (AvgIpc) is 3.01. The molecule has 248 valence electrons. The Balaban J connectivity index is 1.34. The monoisotopic (exact) mass is 649 g/mol. The first-order valence-electron chi connectivity index (χ1n) is 15.7. The van der Waals surface area contributed by atoms with Gasteiger partial charge in [-0.25, -0.2) is 4.39 Å². The van der Waals surface area contributed by atoms with Gasteiger partial charge in [-0.3, -0.25) is 4.79 Å². The summed E-state index contributed by atoms with van der Waals surface area (Å²) in [6, 6.07) is 18.3. The van der Waals surface area contributed by atoms with Crippen LogP contribution in [0.2, 0.25) is 0 Å². The Labute approximate surface area is 264 Å². The van der Waals surface area contributed by atoms with E-state index >= 15 is 0 Å². The number of piperidine rings is 1. The zero-order chi connectivity index (χ0) is 33.1. The van der Waals surface area contributed by atoms with E-state index in [0.29, 0.717) is 24.1 Å². The molecular weight excluding hydrogens is 611 g/mol. The summed E-state index contributed by atoms with van der Waals surface area (Å²) < 4.78 is 101. The number of halogens is 7. The van der Waals surface area contributed by atoms with Gasteiger partial charge >= 0.3 is 18.3 Å². The van der Waals surface area contributed by atoms with E-state index in [0.717, 1.165) is 62.7 Å². The van der Waals surface area contributed by atoms with Crippen LogP contribution in [-0.4, -0.2) is 36.1 Å². The molecule has 5 rings (SSSR count). The molecule has 10 heteroatoms. The van der Waals surface area contributed by atoms with Crippen LogP contribution in [0.3, 0.4) is 0 Å². The highest BCUT2D eigenvalue weighted by Crippen LogP contribution is 2.46. The topological polar surface area (TPSA) is 29.5 Å². The predicted octanol–water partition coefficient (Wildman–Crippen LogP) is 9.49. The Hall–Kier alpha value is -3.40. The third-order valence-electron chi connectivity index (χ3n) is 9.75. The van der Waals surface area contributed by atoms with Crippen LogP contribution in [0.5, 0.6) is 0 Å². The number of likely N-dealkylation sites (tertiary alicyclic amines) is 1. The van der Waals surface area contributed by atoms with Crippen LogP contribution in [0.25, 0.3) is 0 Å². The van der Waals surface area contributed by atoms with Gasteiger partial charge in [-0.15, -0.1) is 0 Å². The fraction of sp³-hybridized carbons (Fsp3) is 0.472. The molecule has 0 N–H and O–H groups in total. The smallest absolute Gasteiger partial charge is 0.416 e. The SMILES string of the molecule is CC(=O)OC(Cc1cc(C(F)(F)F)cc(C(F)(F)F)c1)C[C@]1(c2ccccc2)CC[C@@H](N2CCC(c3ccc(F)cc3)CC2)CC1. The Morgan fingerprint density at radius 2 is 1.41 bits per heavy atom. The third kappa shape index (κ3) is 8.30. The fourth-order valence-electron chi connectivity index (χ4n) is 7.48. The average molecular weight is 650 g/mol. The van der Waals surface area contributed by atoms with Gasteiger partial charge in [-0.2, -0.15) is 26.3 Å². The molecule has 0 amide bonds. The van der Waals surface area contributed by atoms with Gasteiger partial charge in [-0.05, 0) is 116 Å². The Morgan fingerprint density at radius 1 is 0.848 bits per heavy atom. The number of benzene rings is 3. The van der Waals surface area contributed by atoms with Gasteiger partial charge in [-0.1, -0.05) is 42.5 Å². The van der Waals surface area contributed by atoms with Gasteiger partial charge in [0.05, 0.1) is 11.1 Å². The highest BCUT2D eigenvalue weighted by atomic mass is 19.4. The van der Waals surface area contributed by atoms with Crippen molar-refractivity contribution in [2.45, 2.75) is 94.1 Å². The van der Waals surface area contributed by atoms with Gasteiger partial charge in [0, 0.05) is 19.4 Å². The normalized spacial score (nSPS) is 22.4. The number of ether oxygens (including phenoxy) is 1. The number of esters is 1. The van der Waals surface area contributed by atoms with Crippen LogP contribution in [-0.2, 0) is 33.7 Å². The van der Waals surface area contributed by atoms with Crippen LogP contribution in [0.15, 0.2) is 72.8 Å². The van der Waals surface area contributed by atoms with Crippen molar-refractivity contribution in [3.05, 3.63) is 106 Å². The number of hydrogen-bond donors (Lipinski definition) is 0. The van der Waals surface area contributed by atoms with Crippen molar-refractivity contribution in [1.29, 1.82) is 0 Å². The summed E-state index contributed by atoms with van der Waals surface area (Å²) in [5.74, 6) is -0.516. The molecule has 3 aromatic rings. The molecule has 0 spiro atoms. The standard InChI is InChI=1S/C36H38F7NO2/c1-24(45)46-33(21-25-19-29(35(38,39)40)22-30(20-25)36(41,42)43)23-34(28-5-3-2-4-6-28)15-11-32(12-16-34)44-17-13-27(14-18-44)26-7-9-31(37)10-8-26/h2-10,19-20,22,27,32-33H,11-18,21,23H2,1H3/t32-,33?,34+. The zero-order valence-corrected chi connectivity index (χ0v) is 25.6. The maximum Gasteiger partial charge on any atom is 0.416 e. The van der Waals surface area contributed by atoms with Crippen molar-refractivity contribution in [1.82, 2.24) is 4.90 Å². The van der Waals surface area contributed by atoms with Gasteiger partial charge in [0.25, 0.3) is 0 Å². The van der Waals surface area contributed by atoms with Crippen molar-refractivity contribution in [2.24, 2.45) is 0 Å². The van der Waals surface area contributed by atoms with E-state index in [-0.39, 0.29) is 30.3 Å². The molecule has 0 bridgehead atoms. The minimum absolute atomic E-state index is 0.111. The molecule has 1 saturated heterocycles. The summed E-state index contributed by atoms with van der Waals surface area (Å²) in [4.78, 5) is 14.7. The second-order valence-corrected chi connectivity index (χ2v) is 12.8. The molecule has 3 aromatic carbocycles. The van der Waals surface area contributed by atoms with Crippen LogP contribution >= 0.6 is 0 Å². The zero-order valence-electron chi connectivity index (χ0n) is 25.6. The molecule has 0 aromatic heterocycles. The molecule has 1 aliphatic carbocycles. The van der Waals surface area contributed by atoms with E-state index < -0.39 is 41.0 Å². The summed E-state index contributed by atoms with van der Waals surface area (Å²) in [5.41, 5.74) is -1.28. The molecule has 2 aliphatic rings. The van der Waals surface area contributed by atoms with Crippen LogP contribution in [0, 0.1) is 5.82 Å². The largest absolute Gasteiger partial charge is 0.462 e. The van der Waals surface area contributed by atoms with Crippen molar-refractivity contribution in [2.75, 3.05) is 13.1 Å². The van der Waals surface area contributed by atoms with Gasteiger partial charge in [0.1, 0.15) is 11.9 Å². The van der Waals surface area contributed by atoms with E-state index in [1.165, 1.54) is 19.1 Å². The highest BCUT2D eigenvalue weighted by Gasteiger charge is 2.42. The van der Waals surface area contributed by atoms with Crippen LogP contribution in [0.4, 0.5) is 30.7 Å². The summed E-state index contributed by atoms with van der Waals surface area (Å²) >= 11 is 0. The minimum Gasteiger partial charge on any atom is -0.462 e. The molecule has 1 heterocycles. The molecule has 1 saturated carbocycles. The third-order valence-corrected chi connectivity index (χ3v) is 9.75. The quantitative estimate of drug-likeness (QED) is 0.180. The maximum atomic E-state index is 13.6. The number of alkyl halides is 6. The number of rotatable bonds is 8. The number of nitrogens with zero attached hydrogens (tertiary/aromatic N) is 1. The number of carbonyl (C=O) groups excluding carboxylic acids is 1. The first-order chi connectivity index (χ1) is 21.7. The molecule has 1 unspecified atom stereocenters. The molecular formula is C36H38F7NO2. The summed E-state index contributed by atoms with van der Waals surface area (Å²) in [6.07, 6.45) is -5.76. The number of hydrogen-bond acceptors (Lipinski definition) is 3. The Morgan fingerprint density at radius 3 is 1.93 bits per heavy atom. The lowest BCUT2D eigenvalue weighted by molar-refractivity contribution is -0.148. The number of carbonyl (C=O) groups is 1. The molecule has 1 atom stereocenters. The van der Waals surface area contributed by atoms with E-state index in [2.05, 4.69) is 4.90 Å². The summed E-state index contributed by atoms with van der Waals surface area (Å²) in [7, 11) is 0. The summed E-state index contributed by atoms with van der Waals surface area (Å²) in [5, 5.41) is 0. The van der Waals surface area contributed by atoms with E-state index in [9.17, 15) is 35.5 Å². The van der Waals surface area contributed by atoms with Gasteiger partial charge < -0.3 is 9.64 Å². The van der Waals surface area contributed by atoms with Gasteiger partial charge in [0.2, 0.25) is 0 Å². The minimum atomic E-state index is -4.97. The first-order valence-corrected chi connectivity index (χ1v) is 15.7. The highest BCUT2D eigenvalue weighted by molar-refractivity contribution is 5.66. The Kier molecular flexibility index (Phi) is 10.2. The molecule has 3 nitrogen and oxygen atoms in total. The van der Waals surface area contributed by atoms with Crippen molar-refractivity contribution in [3.8, 4) is 0 Å². The van der Waals surface area contributed by atoms with Crippen LogP contribution in [0.1, 0.15) is 85.6 Å². The maximum absolute atomic E-state index is 13.6. The Bertz CT molecular complexity index is 1420. The predicted molar refractivity (Wildman–Crippen MR) is 161 cm³/mol. The molecule has 0 radical (unpaired) electrons. The van der Waals surface area contributed by atoms with Crippen molar-refractivity contribution >= 4 is 5.97 Å². The van der Waals surface area contributed by atoms with Crippen LogP contribution < -0.4 is 0 Å². The molecule has 46 heavy (non-hydrogen) atoms. The van der Waals surface area contributed by atoms with Crippen molar-refractivity contribution in [3.63, 3.8) is 0 Å².